The average molecular weight is 298 g/mol. The van der Waals surface area contributed by atoms with Gasteiger partial charge in [0.2, 0.25) is 0 Å². The zero-order valence-electron chi connectivity index (χ0n) is 14.2. The molecule has 0 spiro atoms. The third kappa shape index (κ3) is 2.96. The Kier molecular flexibility index (Phi) is 4.80. The standard InChI is InChI=1S/C20H26O2/c1-6-14-12-16(8-10-18(14)21)20(3,4)17-9-11-19(22-5)15(7-2)13-17/h8-13,21H,6-7H2,1-5H3. The van der Waals surface area contributed by atoms with Gasteiger partial charge in [-0.2, -0.15) is 0 Å². The fourth-order valence-corrected chi connectivity index (χ4v) is 2.87. The van der Waals surface area contributed by atoms with Crippen LogP contribution in [0.25, 0.3) is 0 Å². The first-order valence-corrected chi connectivity index (χ1v) is 7.93. The summed E-state index contributed by atoms with van der Waals surface area (Å²) < 4.78 is 5.43. The van der Waals surface area contributed by atoms with E-state index in [1.807, 2.05) is 6.07 Å². The highest BCUT2D eigenvalue weighted by molar-refractivity contribution is 5.47. The van der Waals surface area contributed by atoms with Gasteiger partial charge in [-0.15, -0.1) is 0 Å². The van der Waals surface area contributed by atoms with Gasteiger partial charge in [-0.05, 0) is 47.2 Å². The summed E-state index contributed by atoms with van der Waals surface area (Å²) in [6.45, 7) is 8.65. The lowest BCUT2D eigenvalue weighted by Gasteiger charge is -2.28. The van der Waals surface area contributed by atoms with Gasteiger partial charge < -0.3 is 9.84 Å². The van der Waals surface area contributed by atoms with Crippen LogP contribution < -0.4 is 4.74 Å². The Morgan fingerprint density at radius 2 is 1.45 bits per heavy atom. The van der Waals surface area contributed by atoms with Gasteiger partial charge in [0.15, 0.2) is 0 Å². The Morgan fingerprint density at radius 1 is 0.909 bits per heavy atom. The van der Waals surface area contributed by atoms with E-state index in [-0.39, 0.29) is 5.41 Å². The normalized spacial score (nSPS) is 11.5. The lowest BCUT2D eigenvalue weighted by molar-refractivity contribution is 0.409. The molecule has 2 nitrogen and oxygen atoms in total. The van der Waals surface area contributed by atoms with E-state index in [0.29, 0.717) is 5.75 Å². The van der Waals surface area contributed by atoms with Gasteiger partial charge in [-0.1, -0.05) is 52.0 Å². The number of phenols is 1. The molecular formula is C20H26O2. The smallest absolute Gasteiger partial charge is 0.122 e. The van der Waals surface area contributed by atoms with E-state index in [4.69, 9.17) is 4.74 Å². The van der Waals surface area contributed by atoms with Gasteiger partial charge >= 0.3 is 0 Å². The number of rotatable bonds is 5. The Balaban J connectivity index is 2.49. The van der Waals surface area contributed by atoms with Crippen LogP contribution in [0.1, 0.15) is 49.9 Å². The molecule has 0 atom stereocenters. The molecule has 0 amide bonds. The number of benzene rings is 2. The molecule has 2 rings (SSSR count). The molecule has 1 N–H and O–H groups in total. The second kappa shape index (κ2) is 6.43. The number of methoxy groups -OCH3 is 1. The van der Waals surface area contributed by atoms with Gasteiger partial charge in [-0.3, -0.25) is 0 Å². The molecule has 2 heteroatoms. The summed E-state index contributed by atoms with van der Waals surface area (Å²) in [6, 6.07) is 12.4. The van der Waals surface area contributed by atoms with Crippen molar-refractivity contribution in [1.82, 2.24) is 0 Å². The molecule has 0 unspecified atom stereocenters. The molecule has 0 fully saturated rings. The van der Waals surface area contributed by atoms with Crippen LogP contribution in [0.3, 0.4) is 0 Å². The molecule has 2 aromatic carbocycles. The van der Waals surface area contributed by atoms with E-state index in [1.54, 1.807) is 13.2 Å². The lowest BCUT2D eigenvalue weighted by Crippen LogP contribution is -2.19. The van der Waals surface area contributed by atoms with Crippen molar-refractivity contribution in [2.24, 2.45) is 0 Å². The van der Waals surface area contributed by atoms with Crippen molar-refractivity contribution in [3.8, 4) is 11.5 Å². The molecule has 22 heavy (non-hydrogen) atoms. The summed E-state index contributed by atoms with van der Waals surface area (Å²) in [7, 11) is 1.72. The highest BCUT2D eigenvalue weighted by atomic mass is 16.5. The Hall–Kier alpha value is -1.96. The number of hydrogen-bond donors (Lipinski definition) is 1. The second-order valence-electron chi connectivity index (χ2n) is 6.20. The molecule has 0 aliphatic heterocycles. The molecule has 0 aromatic heterocycles. The van der Waals surface area contributed by atoms with Crippen molar-refractivity contribution in [3.63, 3.8) is 0 Å². The predicted molar refractivity (Wildman–Crippen MR) is 92.0 cm³/mol. The van der Waals surface area contributed by atoms with Crippen LogP contribution in [0.5, 0.6) is 11.5 Å². The third-order valence-corrected chi connectivity index (χ3v) is 4.57. The number of phenolic OH excluding ortho intramolecular Hbond substituents is 1. The van der Waals surface area contributed by atoms with Crippen LogP contribution in [0.15, 0.2) is 36.4 Å². The summed E-state index contributed by atoms with van der Waals surface area (Å²) in [5.74, 6) is 1.33. The maximum atomic E-state index is 9.91. The minimum Gasteiger partial charge on any atom is -0.508 e. The van der Waals surface area contributed by atoms with E-state index in [9.17, 15) is 5.11 Å². The van der Waals surface area contributed by atoms with E-state index < -0.39 is 0 Å². The molecule has 2 aromatic rings. The zero-order chi connectivity index (χ0) is 16.3. The second-order valence-corrected chi connectivity index (χ2v) is 6.20. The topological polar surface area (TPSA) is 29.5 Å². The summed E-state index contributed by atoms with van der Waals surface area (Å²) >= 11 is 0. The Labute approximate surface area is 133 Å². The number of ether oxygens (including phenoxy) is 1. The van der Waals surface area contributed by atoms with Gasteiger partial charge in [0.1, 0.15) is 11.5 Å². The Morgan fingerprint density at radius 3 is 2.00 bits per heavy atom. The predicted octanol–water partition coefficient (Wildman–Crippen LogP) is 4.85. The first-order valence-electron chi connectivity index (χ1n) is 7.93. The van der Waals surface area contributed by atoms with Crippen LogP contribution >= 0.6 is 0 Å². The highest BCUT2D eigenvalue weighted by Crippen LogP contribution is 2.36. The third-order valence-electron chi connectivity index (χ3n) is 4.57. The largest absolute Gasteiger partial charge is 0.508 e. The van der Waals surface area contributed by atoms with Crippen LogP contribution in [0.4, 0.5) is 0 Å². The van der Waals surface area contributed by atoms with Crippen LogP contribution in [-0.4, -0.2) is 12.2 Å². The van der Waals surface area contributed by atoms with Crippen molar-refractivity contribution < 1.29 is 9.84 Å². The van der Waals surface area contributed by atoms with Crippen LogP contribution in [0.2, 0.25) is 0 Å². The van der Waals surface area contributed by atoms with Gasteiger partial charge in [0.25, 0.3) is 0 Å². The monoisotopic (exact) mass is 298 g/mol. The van der Waals surface area contributed by atoms with Crippen LogP contribution in [0, 0.1) is 0 Å². The maximum absolute atomic E-state index is 9.91. The first-order chi connectivity index (χ1) is 10.4. The molecule has 0 aliphatic carbocycles. The SMILES string of the molecule is CCc1cc(C(C)(C)c2ccc(OC)c(CC)c2)ccc1O. The molecular weight excluding hydrogens is 272 g/mol. The molecule has 0 saturated carbocycles. The van der Waals surface area contributed by atoms with Crippen LogP contribution in [-0.2, 0) is 18.3 Å². The number of aromatic hydroxyl groups is 1. The quantitative estimate of drug-likeness (QED) is 0.855. The molecule has 118 valence electrons. The molecule has 0 bridgehead atoms. The fraction of sp³-hybridized carbons (Fsp3) is 0.400. The van der Waals surface area contributed by atoms with Gasteiger partial charge in [-0.25, -0.2) is 0 Å². The van der Waals surface area contributed by atoms with Crippen molar-refractivity contribution in [2.75, 3.05) is 7.11 Å². The summed E-state index contributed by atoms with van der Waals surface area (Å²) in [4.78, 5) is 0. The zero-order valence-corrected chi connectivity index (χ0v) is 14.2. The average Bonchev–Trinajstić information content (AvgIpc) is 2.54. The van der Waals surface area contributed by atoms with E-state index in [1.165, 1.54) is 16.7 Å². The molecule has 0 saturated heterocycles. The number of hydrogen-bond acceptors (Lipinski definition) is 2. The van der Waals surface area contributed by atoms with Crippen molar-refractivity contribution in [2.45, 2.75) is 46.0 Å². The lowest BCUT2D eigenvalue weighted by atomic mass is 9.77. The molecule has 0 radical (unpaired) electrons. The molecule has 0 aliphatic rings. The van der Waals surface area contributed by atoms with E-state index >= 15 is 0 Å². The summed E-state index contributed by atoms with van der Waals surface area (Å²) in [5, 5.41) is 9.91. The fourth-order valence-electron chi connectivity index (χ4n) is 2.87. The van der Waals surface area contributed by atoms with Crippen molar-refractivity contribution in [3.05, 3.63) is 58.7 Å². The van der Waals surface area contributed by atoms with Crippen molar-refractivity contribution >= 4 is 0 Å². The first kappa shape index (κ1) is 16.4. The van der Waals surface area contributed by atoms with Gasteiger partial charge in [0, 0.05) is 5.41 Å². The minimum atomic E-state index is -0.117. The maximum Gasteiger partial charge on any atom is 0.122 e. The highest BCUT2D eigenvalue weighted by Gasteiger charge is 2.24. The summed E-state index contributed by atoms with van der Waals surface area (Å²) in [5.41, 5.74) is 4.58. The number of aryl methyl sites for hydroxylation is 2. The van der Waals surface area contributed by atoms with Crippen molar-refractivity contribution in [1.29, 1.82) is 0 Å². The van der Waals surface area contributed by atoms with E-state index in [0.717, 1.165) is 24.2 Å². The molecule has 0 heterocycles. The Bertz CT molecular complexity index is 657. The van der Waals surface area contributed by atoms with E-state index in [2.05, 4.69) is 52.0 Å². The minimum absolute atomic E-state index is 0.117. The summed E-state index contributed by atoms with van der Waals surface area (Å²) in [6.07, 6.45) is 1.78. The van der Waals surface area contributed by atoms with Gasteiger partial charge in [0.05, 0.1) is 7.11 Å².